The number of carboxylic acids is 1. The Hall–Kier alpha value is -3.32. The van der Waals surface area contributed by atoms with Crippen molar-refractivity contribution in [1.29, 1.82) is 0 Å². The monoisotopic (exact) mass is 546 g/mol. The quantitative estimate of drug-likeness (QED) is 0.385. The molecule has 3 aromatic rings. The summed E-state index contributed by atoms with van der Waals surface area (Å²) < 4.78 is 26.6. The number of carboxylic acid groups (broad SMARTS) is 1. The van der Waals surface area contributed by atoms with Crippen molar-refractivity contribution >= 4 is 39.4 Å². The molecule has 0 radical (unpaired) electrons. The molecule has 0 saturated carbocycles. The van der Waals surface area contributed by atoms with E-state index in [0.717, 1.165) is 22.1 Å². The van der Waals surface area contributed by atoms with Crippen molar-refractivity contribution in [2.75, 3.05) is 24.7 Å². The van der Waals surface area contributed by atoms with Gasteiger partial charge in [-0.05, 0) is 36.1 Å². The number of halogens is 1. The van der Waals surface area contributed by atoms with E-state index in [1.54, 1.807) is 0 Å². The van der Waals surface area contributed by atoms with Crippen molar-refractivity contribution in [3.8, 4) is 0 Å². The van der Waals surface area contributed by atoms with Gasteiger partial charge in [-0.15, -0.1) is 5.10 Å². The fourth-order valence-electron chi connectivity index (χ4n) is 4.16. The first kappa shape index (κ1) is 26.7. The van der Waals surface area contributed by atoms with Gasteiger partial charge in [0.05, 0.1) is 22.4 Å². The van der Waals surface area contributed by atoms with Crippen LogP contribution in [0.25, 0.3) is 0 Å². The third kappa shape index (κ3) is 5.99. The number of carbonyl (C=O) groups is 2. The minimum Gasteiger partial charge on any atom is -0.478 e. The molecule has 0 bridgehead atoms. The summed E-state index contributed by atoms with van der Waals surface area (Å²) in [5, 5.41) is 16.8. The van der Waals surface area contributed by atoms with Gasteiger partial charge in [0, 0.05) is 32.1 Å². The highest BCUT2D eigenvalue weighted by Crippen LogP contribution is 2.28. The second kappa shape index (κ2) is 11.0. The summed E-state index contributed by atoms with van der Waals surface area (Å²) in [5.74, 6) is -1.79. The second-order valence-electron chi connectivity index (χ2n) is 8.82. The molecule has 1 aromatic heterocycles. The number of carbonyl (C=O) groups excluding carboxylic acids is 1. The molecule has 0 amide bonds. The number of nitrogens with two attached hydrogens (primary N) is 1. The van der Waals surface area contributed by atoms with E-state index in [4.69, 9.17) is 17.3 Å². The molecule has 37 heavy (non-hydrogen) atoms. The zero-order valence-electron chi connectivity index (χ0n) is 20.1. The van der Waals surface area contributed by atoms with E-state index in [2.05, 4.69) is 15.4 Å². The maximum Gasteiger partial charge on any atom is 0.337 e. The topological polar surface area (TPSA) is 161 Å². The number of rotatable bonds is 8. The lowest BCUT2D eigenvalue weighted by atomic mass is 9.99. The Morgan fingerprint density at radius 1 is 1.16 bits per heavy atom. The van der Waals surface area contributed by atoms with Gasteiger partial charge >= 0.3 is 5.97 Å². The average Bonchev–Trinajstić information content (AvgIpc) is 3.31. The van der Waals surface area contributed by atoms with Crippen molar-refractivity contribution in [3.05, 3.63) is 75.6 Å². The van der Waals surface area contributed by atoms with Crippen LogP contribution in [-0.2, 0) is 23.1 Å². The Bertz CT molecular complexity index is 1420. The number of aromatic nitrogens is 3. The number of piperidine rings is 1. The van der Waals surface area contributed by atoms with Crippen molar-refractivity contribution in [3.63, 3.8) is 0 Å². The minimum absolute atomic E-state index is 0.0465. The predicted molar refractivity (Wildman–Crippen MR) is 138 cm³/mol. The summed E-state index contributed by atoms with van der Waals surface area (Å²) in [7, 11) is -3.39. The zero-order chi connectivity index (χ0) is 26.7. The molecule has 4 rings (SSSR count). The van der Waals surface area contributed by atoms with Crippen LogP contribution < -0.4 is 11.1 Å². The van der Waals surface area contributed by atoms with Gasteiger partial charge in [0.25, 0.3) is 5.91 Å². The van der Waals surface area contributed by atoms with Gasteiger partial charge < -0.3 is 16.2 Å². The summed E-state index contributed by atoms with van der Waals surface area (Å²) in [5.41, 5.74) is 7.29. The number of hydrogen-bond acceptors (Lipinski definition) is 8. The third-order valence-electron chi connectivity index (χ3n) is 6.20. The van der Waals surface area contributed by atoms with Gasteiger partial charge in [-0.1, -0.05) is 41.9 Å². The summed E-state index contributed by atoms with van der Waals surface area (Å²) >= 11 is 6.26. The van der Waals surface area contributed by atoms with Gasteiger partial charge in [0.15, 0.2) is 5.82 Å². The highest BCUT2D eigenvalue weighted by Gasteiger charge is 2.31. The lowest BCUT2D eigenvalue weighted by Crippen LogP contribution is -2.38. The summed E-state index contributed by atoms with van der Waals surface area (Å²) in [6.45, 7) is 1.35. The van der Waals surface area contributed by atoms with Crippen LogP contribution in [0, 0.1) is 0 Å². The van der Waals surface area contributed by atoms with Crippen molar-refractivity contribution in [1.82, 2.24) is 19.1 Å². The minimum atomic E-state index is -3.39. The first-order valence-electron chi connectivity index (χ1n) is 11.6. The fourth-order valence-corrected chi connectivity index (χ4v) is 5.36. The molecule has 0 spiro atoms. The number of hydrogen-bond donors (Lipinski definition) is 3. The smallest absolute Gasteiger partial charge is 0.337 e. The largest absolute Gasteiger partial charge is 0.478 e. The number of sulfonamides is 1. The van der Waals surface area contributed by atoms with Crippen molar-refractivity contribution in [2.45, 2.75) is 31.8 Å². The number of aromatic carboxylic acids is 1. The third-order valence-corrected chi connectivity index (χ3v) is 7.88. The average molecular weight is 547 g/mol. The first-order chi connectivity index (χ1) is 17.6. The number of benzene rings is 2. The van der Waals surface area contributed by atoms with E-state index in [1.165, 1.54) is 22.5 Å². The molecule has 1 unspecified atom stereocenters. The van der Waals surface area contributed by atoms with Crippen LogP contribution in [0.2, 0.25) is 5.02 Å². The van der Waals surface area contributed by atoms with Crippen LogP contribution in [0.1, 0.15) is 56.4 Å². The summed E-state index contributed by atoms with van der Waals surface area (Å²) in [4.78, 5) is 29.6. The Labute approximate surface area is 219 Å². The van der Waals surface area contributed by atoms with Crippen LogP contribution in [-0.4, -0.2) is 63.8 Å². The van der Waals surface area contributed by atoms with Gasteiger partial charge in [-0.25, -0.2) is 17.5 Å². The zero-order valence-corrected chi connectivity index (χ0v) is 21.7. The van der Waals surface area contributed by atoms with E-state index in [1.807, 2.05) is 24.3 Å². The maximum atomic E-state index is 13.5. The van der Waals surface area contributed by atoms with Crippen LogP contribution in [0.4, 0.5) is 5.95 Å². The predicted octanol–water partition coefficient (Wildman–Crippen LogP) is 2.53. The number of anilines is 1. The molecular formula is C24H27ClN6O5S. The molecule has 2 heterocycles. The molecular weight excluding hydrogens is 520 g/mol. The molecule has 2 aromatic carbocycles. The van der Waals surface area contributed by atoms with Crippen LogP contribution in [0.15, 0.2) is 42.5 Å². The lowest BCUT2D eigenvalue weighted by Gasteiger charge is -2.29. The van der Waals surface area contributed by atoms with Gasteiger partial charge in [0.2, 0.25) is 16.0 Å². The summed E-state index contributed by atoms with van der Waals surface area (Å²) in [6.07, 6.45) is 2.44. The Balaban J connectivity index is 1.69. The Morgan fingerprint density at radius 2 is 1.84 bits per heavy atom. The summed E-state index contributed by atoms with van der Waals surface area (Å²) in [6, 6.07) is 11.8. The van der Waals surface area contributed by atoms with Crippen LogP contribution in [0.3, 0.4) is 0 Å². The molecule has 1 saturated heterocycles. The molecule has 196 valence electrons. The number of nitrogens with one attached hydrogen (secondary N) is 1. The van der Waals surface area contributed by atoms with Crippen molar-refractivity contribution in [2.24, 2.45) is 5.73 Å². The van der Waals surface area contributed by atoms with E-state index in [9.17, 15) is 23.1 Å². The molecule has 11 nitrogen and oxygen atoms in total. The standard InChI is InChI=1S/C24H27ClN6O5S/c1-37(35,36)30-11-3-4-17(14-30)21-28-24(27-13-16-9-7-15(12-26)8-10-16)31(29-21)22(32)18-5-2-6-19(20(18)25)23(33)34/h2,5-10,17H,3-4,11-14,26H2,1H3,(H,33,34)(H,27,28,29). The Morgan fingerprint density at radius 3 is 2.49 bits per heavy atom. The lowest BCUT2D eigenvalue weighted by molar-refractivity contribution is 0.0697. The van der Waals surface area contributed by atoms with Crippen molar-refractivity contribution < 1.29 is 23.1 Å². The Kier molecular flexibility index (Phi) is 7.93. The first-order valence-corrected chi connectivity index (χ1v) is 13.8. The SMILES string of the molecule is CS(=O)(=O)N1CCCC(c2nc(NCc3ccc(CN)cc3)n(C(=O)c3cccc(C(=O)O)c3Cl)n2)C1. The van der Waals surface area contributed by atoms with E-state index in [0.29, 0.717) is 38.3 Å². The molecule has 1 atom stereocenters. The maximum absolute atomic E-state index is 13.5. The molecule has 1 fully saturated rings. The molecule has 0 aliphatic carbocycles. The van der Waals surface area contributed by atoms with Crippen LogP contribution >= 0.6 is 11.6 Å². The molecule has 1 aliphatic rings. The normalized spacial score (nSPS) is 16.5. The van der Waals surface area contributed by atoms with Crippen LogP contribution in [0.5, 0.6) is 0 Å². The molecule has 4 N–H and O–H groups in total. The van der Waals surface area contributed by atoms with Gasteiger partial charge in [0.1, 0.15) is 0 Å². The van der Waals surface area contributed by atoms with Gasteiger partial charge in [-0.3, -0.25) is 4.79 Å². The van der Waals surface area contributed by atoms with E-state index >= 15 is 0 Å². The highest BCUT2D eigenvalue weighted by atomic mass is 35.5. The van der Waals surface area contributed by atoms with Gasteiger partial charge in [-0.2, -0.15) is 9.67 Å². The van der Waals surface area contributed by atoms with E-state index < -0.39 is 21.9 Å². The second-order valence-corrected chi connectivity index (χ2v) is 11.2. The van der Waals surface area contributed by atoms with E-state index in [-0.39, 0.29) is 34.6 Å². The number of nitrogens with zero attached hydrogens (tertiary/aromatic N) is 4. The highest BCUT2D eigenvalue weighted by molar-refractivity contribution is 7.88. The fraction of sp³-hybridized carbons (Fsp3) is 0.333. The molecule has 13 heteroatoms. The molecule has 1 aliphatic heterocycles.